The van der Waals surface area contributed by atoms with Crippen LogP contribution >= 0.6 is 11.6 Å². The minimum absolute atomic E-state index is 0.211. The van der Waals surface area contributed by atoms with Crippen LogP contribution in [-0.4, -0.2) is 5.91 Å². The lowest BCUT2D eigenvalue weighted by molar-refractivity contribution is -0.135. The van der Waals surface area contributed by atoms with Gasteiger partial charge in [0.05, 0.1) is 0 Å². The highest BCUT2D eigenvalue weighted by atomic mass is 35.5. The van der Waals surface area contributed by atoms with E-state index in [1.54, 1.807) is 12.1 Å². The SMILES string of the molecule is CC(=O)NOC(C)c1cccc(Cl)c1. The first-order valence-corrected chi connectivity index (χ1v) is 4.65. The van der Waals surface area contributed by atoms with E-state index >= 15 is 0 Å². The van der Waals surface area contributed by atoms with Gasteiger partial charge in [0.1, 0.15) is 6.10 Å². The molecule has 0 spiro atoms. The smallest absolute Gasteiger partial charge is 0.240 e. The van der Waals surface area contributed by atoms with Crippen LogP contribution in [0.2, 0.25) is 5.02 Å². The molecule has 1 aromatic carbocycles. The molecule has 0 radical (unpaired) electrons. The van der Waals surface area contributed by atoms with Crippen molar-refractivity contribution in [3.63, 3.8) is 0 Å². The molecule has 0 aromatic heterocycles. The van der Waals surface area contributed by atoms with Crippen LogP contribution in [0.5, 0.6) is 0 Å². The third-order valence-corrected chi connectivity index (χ3v) is 1.93. The first kappa shape index (κ1) is 11.0. The van der Waals surface area contributed by atoms with Crippen LogP contribution < -0.4 is 5.48 Å². The molecule has 14 heavy (non-hydrogen) atoms. The second-order valence-corrected chi connectivity index (χ2v) is 3.41. The zero-order valence-electron chi connectivity index (χ0n) is 8.08. The van der Waals surface area contributed by atoms with E-state index in [1.807, 2.05) is 19.1 Å². The van der Waals surface area contributed by atoms with E-state index in [0.717, 1.165) is 5.56 Å². The summed E-state index contributed by atoms with van der Waals surface area (Å²) in [5.74, 6) is -0.223. The monoisotopic (exact) mass is 213 g/mol. The molecule has 0 saturated heterocycles. The molecule has 1 aromatic rings. The van der Waals surface area contributed by atoms with E-state index in [2.05, 4.69) is 5.48 Å². The number of hydrogen-bond acceptors (Lipinski definition) is 2. The maximum absolute atomic E-state index is 10.6. The Labute approximate surface area is 88.0 Å². The molecule has 0 aliphatic carbocycles. The number of rotatable bonds is 3. The Morgan fingerprint density at radius 1 is 1.57 bits per heavy atom. The molecule has 1 amide bonds. The highest BCUT2D eigenvalue weighted by Crippen LogP contribution is 2.19. The first-order valence-electron chi connectivity index (χ1n) is 4.27. The van der Waals surface area contributed by atoms with Crippen LogP contribution in [0, 0.1) is 0 Å². The Morgan fingerprint density at radius 2 is 2.29 bits per heavy atom. The largest absolute Gasteiger partial charge is 0.273 e. The van der Waals surface area contributed by atoms with Gasteiger partial charge in [0.25, 0.3) is 0 Å². The van der Waals surface area contributed by atoms with E-state index in [4.69, 9.17) is 16.4 Å². The highest BCUT2D eigenvalue weighted by Gasteiger charge is 2.06. The predicted molar refractivity (Wildman–Crippen MR) is 54.8 cm³/mol. The summed E-state index contributed by atoms with van der Waals surface area (Å²) in [6.07, 6.45) is -0.211. The van der Waals surface area contributed by atoms with E-state index < -0.39 is 0 Å². The Hall–Kier alpha value is -1.06. The van der Waals surface area contributed by atoms with Gasteiger partial charge in [-0.3, -0.25) is 9.63 Å². The van der Waals surface area contributed by atoms with E-state index in [1.165, 1.54) is 6.92 Å². The standard InChI is InChI=1S/C10H12ClNO2/c1-7(14-12-8(2)13)9-4-3-5-10(11)6-9/h3-7H,1-2H3,(H,12,13). The van der Waals surface area contributed by atoms with Crippen LogP contribution in [0.15, 0.2) is 24.3 Å². The van der Waals surface area contributed by atoms with Gasteiger partial charge in [0.2, 0.25) is 5.91 Å². The lowest BCUT2D eigenvalue weighted by Gasteiger charge is -2.12. The molecule has 0 fully saturated rings. The summed E-state index contributed by atoms with van der Waals surface area (Å²) in [7, 11) is 0. The molecule has 0 aliphatic rings. The lowest BCUT2D eigenvalue weighted by atomic mass is 10.1. The van der Waals surface area contributed by atoms with Crippen LogP contribution in [0.1, 0.15) is 25.5 Å². The summed E-state index contributed by atoms with van der Waals surface area (Å²) in [4.78, 5) is 15.7. The normalized spacial score (nSPS) is 12.2. The van der Waals surface area contributed by atoms with Crippen molar-refractivity contribution in [2.75, 3.05) is 0 Å². The van der Waals surface area contributed by atoms with Gasteiger partial charge in [-0.15, -0.1) is 0 Å². The number of hydrogen-bond donors (Lipinski definition) is 1. The summed E-state index contributed by atoms with van der Waals surface area (Å²) >= 11 is 5.81. The average Bonchev–Trinajstić information content (AvgIpc) is 2.14. The van der Waals surface area contributed by atoms with Crippen LogP contribution in [0.3, 0.4) is 0 Å². The zero-order chi connectivity index (χ0) is 10.6. The van der Waals surface area contributed by atoms with Crippen LogP contribution in [-0.2, 0) is 9.63 Å². The van der Waals surface area contributed by atoms with Gasteiger partial charge < -0.3 is 0 Å². The van der Waals surface area contributed by atoms with Gasteiger partial charge in [-0.25, -0.2) is 5.48 Å². The maximum atomic E-state index is 10.6. The van der Waals surface area contributed by atoms with Gasteiger partial charge in [0.15, 0.2) is 0 Å². The van der Waals surface area contributed by atoms with E-state index in [0.29, 0.717) is 5.02 Å². The van der Waals surface area contributed by atoms with Crippen LogP contribution in [0.25, 0.3) is 0 Å². The summed E-state index contributed by atoms with van der Waals surface area (Å²) in [6, 6.07) is 7.31. The molecule has 0 saturated carbocycles. The fourth-order valence-electron chi connectivity index (χ4n) is 0.999. The topological polar surface area (TPSA) is 38.3 Å². The van der Waals surface area contributed by atoms with Crippen molar-refractivity contribution in [1.82, 2.24) is 5.48 Å². The number of carbonyl (C=O) groups is 1. The number of halogens is 1. The van der Waals surface area contributed by atoms with Crippen molar-refractivity contribution >= 4 is 17.5 Å². The van der Waals surface area contributed by atoms with Crippen molar-refractivity contribution in [2.24, 2.45) is 0 Å². The fourth-order valence-corrected chi connectivity index (χ4v) is 1.20. The molecule has 0 bridgehead atoms. The van der Waals surface area contributed by atoms with Gasteiger partial charge in [0, 0.05) is 11.9 Å². The predicted octanol–water partition coefficient (Wildman–Crippen LogP) is 2.47. The molecule has 3 nitrogen and oxygen atoms in total. The van der Waals surface area contributed by atoms with Crippen molar-refractivity contribution < 1.29 is 9.63 Å². The average molecular weight is 214 g/mol. The van der Waals surface area contributed by atoms with E-state index in [-0.39, 0.29) is 12.0 Å². The lowest BCUT2D eigenvalue weighted by Crippen LogP contribution is -2.22. The molecule has 76 valence electrons. The quantitative estimate of drug-likeness (QED) is 0.784. The van der Waals surface area contributed by atoms with Gasteiger partial charge >= 0.3 is 0 Å². The zero-order valence-corrected chi connectivity index (χ0v) is 8.84. The van der Waals surface area contributed by atoms with E-state index in [9.17, 15) is 4.79 Å². The van der Waals surface area contributed by atoms with Crippen molar-refractivity contribution in [2.45, 2.75) is 20.0 Å². The van der Waals surface area contributed by atoms with Crippen molar-refractivity contribution in [3.8, 4) is 0 Å². The second kappa shape index (κ2) is 4.98. The second-order valence-electron chi connectivity index (χ2n) is 2.97. The fraction of sp³-hybridized carbons (Fsp3) is 0.300. The Morgan fingerprint density at radius 3 is 2.86 bits per heavy atom. The molecule has 1 rings (SSSR count). The number of hydroxylamine groups is 1. The Balaban J connectivity index is 2.60. The molecule has 1 unspecified atom stereocenters. The third kappa shape index (κ3) is 3.36. The minimum Gasteiger partial charge on any atom is -0.273 e. The summed E-state index contributed by atoms with van der Waals surface area (Å²) in [5.41, 5.74) is 3.20. The van der Waals surface area contributed by atoms with Gasteiger partial charge in [-0.1, -0.05) is 23.7 Å². The first-order chi connectivity index (χ1) is 6.59. The number of nitrogens with one attached hydrogen (secondary N) is 1. The Bertz CT molecular complexity index is 328. The number of benzene rings is 1. The molecular weight excluding hydrogens is 202 g/mol. The Kier molecular flexibility index (Phi) is 3.92. The molecule has 0 heterocycles. The third-order valence-electron chi connectivity index (χ3n) is 1.70. The van der Waals surface area contributed by atoms with Crippen molar-refractivity contribution in [3.05, 3.63) is 34.9 Å². The van der Waals surface area contributed by atoms with Gasteiger partial charge in [-0.2, -0.15) is 0 Å². The molecule has 0 aliphatic heterocycles. The molecule has 1 atom stereocenters. The number of amides is 1. The summed E-state index contributed by atoms with van der Waals surface area (Å²) in [5, 5.41) is 0.653. The number of carbonyl (C=O) groups excluding carboxylic acids is 1. The summed E-state index contributed by atoms with van der Waals surface area (Å²) < 4.78 is 0. The molecule has 1 N–H and O–H groups in total. The molecular formula is C10H12ClNO2. The van der Waals surface area contributed by atoms with Crippen LogP contribution in [0.4, 0.5) is 0 Å². The molecule has 4 heteroatoms. The van der Waals surface area contributed by atoms with Gasteiger partial charge in [-0.05, 0) is 24.6 Å². The summed E-state index contributed by atoms with van der Waals surface area (Å²) in [6.45, 7) is 3.23. The highest BCUT2D eigenvalue weighted by molar-refractivity contribution is 6.30. The van der Waals surface area contributed by atoms with Crippen molar-refractivity contribution in [1.29, 1.82) is 0 Å². The minimum atomic E-state index is -0.223. The maximum Gasteiger partial charge on any atom is 0.240 e.